The average molecular weight is 375 g/mol. The third-order valence-electron chi connectivity index (χ3n) is 4.03. The molecule has 3 N–H and O–H groups in total. The van der Waals surface area contributed by atoms with Gasteiger partial charge in [0.05, 0.1) is 17.8 Å². The summed E-state index contributed by atoms with van der Waals surface area (Å²) in [6.07, 6.45) is 2.08. The van der Waals surface area contributed by atoms with E-state index in [9.17, 15) is 4.79 Å². The summed E-state index contributed by atoms with van der Waals surface area (Å²) >= 11 is 3.34. The summed E-state index contributed by atoms with van der Waals surface area (Å²) in [4.78, 5) is 12.2. The van der Waals surface area contributed by atoms with Crippen LogP contribution in [-0.2, 0) is 4.74 Å². The Morgan fingerprint density at radius 1 is 1.22 bits per heavy atom. The molecule has 1 heterocycles. The minimum atomic E-state index is -0.165. The molecule has 0 aromatic heterocycles. The van der Waals surface area contributed by atoms with E-state index >= 15 is 0 Å². The van der Waals surface area contributed by atoms with E-state index in [-0.39, 0.29) is 18.1 Å². The van der Waals surface area contributed by atoms with Crippen molar-refractivity contribution in [2.75, 3.05) is 12.3 Å². The monoisotopic (exact) mass is 374 g/mol. The van der Waals surface area contributed by atoms with E-state index in [0.29, 0.717) is 17.8 Å². The molecule has 23 heavy (non-hydrogen) atoms. The molecule has 1 aliphatic heterocycles. The van der Waals surface area contributed by atoms with Gasteiger partial charge >= 0.3 is 0 Å². The number of rotatable bonds is 4. The van der Waals surface area contributed by atoms with Crippen molar-refractivity contribution >= 4 is 27.5 Å². The maximum absolute atomic E-state index is 12.2. The number of ether oxygens (including phenoxy) is 1. The number of amides is 1. The molecule has 0 spiro atoms. The van der Waals surface area contributed by atoms with Crippen LogP contribution in [-0.4, -0.2) is 18.6 Å². The van der Waals surface area contributed by atoms with Gasteiger partial charge in [0, 0.05) is 16.7 Å². The third-order valence-corrected chi connectivity index (χ3v) is 4.52. The summed E-state index contributed by atoms with van der Waals surface area (Å²) in [5, 5.41) is 2.91. The Bertz CT molecular complexity index is 691. The molecule has 2 aromatic carbocycles. The second-order valence-corrected chi connectivity index (χ2v) is 6.59. The Balaban J connectivity index is 1.54. The maximum Gasteiger partial charge on any atom is 0.253 e. The van der Waals surface area contributed by atoms with Gasteiger partial charge in [0.1, 0.15) is 0 Å². The van der Waals surface area contributed by atoms with Crippen LogP contribution < -0.4 is 11.1 Å². The van der Waals surface area contributed by atoms with Crippen molar-refractivity contribution in [2.24, 2.45) is 0 Å². The van der Waals surface area contributed by atoms with Gasteiger partial charge in [0.25, 0.3) is 5.91 Å². The molecule has 1 fully saturated rings. The van der Waals surface area contributed by atoms with Crippen molar-refractivity contribution in [3.05, 3.63) is 64.1 Å². The molecule has 1 aliphatic rings. The second kappa shape index (κ2) is 7.15. The third kappa shape index (κ3) is 3.92. The van der Waals surface area contributed by atoms with Gasteiger partial charge in [0.2, 0.25) is 0 Å². The zero-order valence-electron chi connectivity index (χ0n) is 12.7. The molecule has 5 heteroatoms. The first kappa shape index (κ1) is 16.0. The highest BCUT2D eigenvalue weighted by molar-refractivity contribution is 9.10. The molecular weight excluding hydrogens is 356 g/mol. The minimum Gasteiger partial charge on any atom is -0.398 e. The number of carbonyl (C=O) groups excluding carboxylic acids is 1. The Hall–Kier alpha value is -1.85. The van der Waals surface area contributed by atoms with Crippen molar-refractivity contribution in [2.45, 2.75) is 25.0 Å². The number of nitrogens with two attached hydrogens (primary N) is 1. The largest absolute Gasteiger partial charge is 0.398 e. The van der Waals surface area contributed by atoms with Crippen LogP contribution in [0.25, 0.3) is 0 Å². The lowest BCUT2D eigenvalue weighted by atomic mass is 10.1. The number of hydrogen-bond acceptors (Lipinski definition) is 3. The number of benzene rings is 2. The van der Waals surface area contributed by atoms with Gasteiger partial charge in [-0.15, -0.1) is 0 Å². The van der Waals surface area contributed by atoms with Gasteiger partial charge in [0.15, 0.2) is 0 Å². The van der Waals surface area contributed by atoms with Crippen LogP contribution in [0.3, 0.4) is 0 Å². The molecule has 0 radical (unpaired) electrons. The molecule has 0 bridgehead atoms. The summed E-state index contributed by atoms with van der Waals surface area (Å²) in [7, 11) is 0. The van der Waals surface area contributed by atoms with E-state index in [2.05, 4.69) is 33.4 Å². The standard InChI is InChI=1S/C18H19BrN2O2/c19-13-6-8-15(16(20)10-13)18(22)21-11-14-7-9-17(23-14)12-4-2-1-3-5-12/h1-6,8,10,14,17H,7,9,11,20H2,(H,21,22). The fourth-order valence-electron chi connectivity index (χ4n) is 2.81. The van der Waals surface area contributed by atoms with E-state index < -0.39 is 0 Å². The average Bonchev–Trinajstić information content (AvgIpc) is 3.02. The van der Waals surface area contributed by atoms with Crippen molar-refractivity contribution in [1.29, 1.82) is 0 Å². The minimum absolute atomic E-state index is 0.0424. The van der Waals surface area contributed by atoms with Crippen LogP contribution in [0.2, 0.25) is 0 Å². The highest BCUT2D eigenvalue weighted by Gasteiger charge is 2.26. The molecule has 3 rings (SSSR count). The van der Waals surface area contributed by atoms with E-state index in [1.165, 1.54) is 5.56 Å². The quantitative estimate of drug-likeness (QED) is 0.802. The summed E-state index contributed by atoms with van der Waals surface area (Å²) in [5.41, 5.74) is 8.03. The van der Waals surface area contributed by atoms with Crippen LogP contribution in [0.5, 0.6) is 0 Å². The predicted octanol–water partition coefficient (Wildman–Crippen LogP) is 3.68. The lowest BCUT2D eigenvalue weighted by Crippen LogP contribution is -2.32. The maximum atomic E-state index is 12.2. The molecule has 4 nitrogen and oxygen atoms in total. The first-order valence-electron chi connectivity index (χ1n) is 7.67. The summed E-state index contributed by atoms with van der Waals surface area (Å²) in [6, 6.07) is 15.4. The highest BCUT2D eigenvalue weighted by atomic mass is 79.9. The SMILES string of the molecule is Nc1cc(Br)ccc1C(=O)NCC1CCC(c2ccccc2)O1. The van der Waals surface area contributed by atoms with E-state index in [0.717, 1.165) is 17.3 Å². The molecular formula is C18H19BrN2O2. The molecule has 1 amide bonds. The smallest absolute Gasteiger partial charge is 0.253 e. The van der Waals surface area contributed by atoms with E-state index in [1.54, 1.807) is 12.1 Å². The lowest BCUT2D eigenvalue weighted by molar-refractivity contribution is 0.0436. The Morgan fingerprint density at radius 3 is 2.74 bits per heavy atom. The van der Waals surface area contributed by atoms with Crippen molar-refractivity contribution in [3.63, 3.8) is 0 Å². The van der Waals surface area contributed by atoms with Crippen molar-refractivity contribution in [1.82, 2.24) is 5.32 Å². The number of hydrogen-bond donors (Lipinski definition) is 2. The first-order valence-corrected chi connectivity index (χ1v) is 8.46. The Kier molecular flexibility index (Phi) is 4.98. The topological polar surface area (TPSA) is 64.4 Å². The van der Waals surface area contributed by atoms with Gasteiger partial charge in [-0.3, -0.25) is 4.79 Å². The fourth-order valence-corrected chi connectivity index (χ4v) is 3.19. The van der Waals surface area contributed by atoms with E-state index in [1.807, 2.05) is 24.3 Å². The summed E-state index contributed by atoms with van der Waals surface area (Å²) < 4.78 is 6.89. The number of nitrogens with one attached hydrogen (secondary N) is 1. The number of nitrogen functional groups attached to an aromatic ring is 1. The Labute approximate surface area is 144 Å². The fraction of sp³-hybridized carbons (Fsp3) is 0.278. The zero-order valence-corrected chi connectivity index (χ0v) is 14.3. The number of anilines is 1. The molecule has 120 valence electrons. The highest BCUT2D eigenvalue weighted by Crippen LogP contribution is 2.32. The summed E-state index contributed by atoms with van der Waals surface area (Å²) in [5.74, 6) is -0.165. The molecule has 2 aromatic rings. The van der Waals surface area contributed by atoms with Crippen LogP contribution in [0.15, 0.2) is 53.0 Å². The second-order valence-electron chi connectivity index (χ2n) is 5.68. The Morgan fingerprint density at radius 2 is 2.00 bits per heavy atom. The predicted molar refractivity (Wildman–Crippen MR) is 94.2 cm³/mol. The van der Waals surface area contributed by atoms with Crippen LogP contribution in [0.1, 0.15) is 34.9 Å². The van der Waals surface area contributed by atoms with Gasteiger partial charge in [-0.2, -0.15) is 0 Å². The molecule has 2 atom stereocenters. The van der Waals surface area contributed by atoms with Gasteiger partial charge in [-0.1, -0.05) is 46.3 Å². The van der Waals surface area contributed by atoms with Gasteiger partial charge < -0.3 is 15.8 Å². The first-order chi connectivity index (χ1) is 11.1. The van der Waals surface area contributed by atoms with Crippen molar-refractivity contribution in [3.8, 4) is 0 Å². The normalized spacial score (nSPS) is 20.4. The molecule has 0 saturated carbocycles. The van der Waals surface area contributed by atoms with Gasteiger partial charge in [-0.25, -0.2) is 0 Å². The lowest BCUT2D eigenvalue weighted by Gasteiger charge is -2.15. The summed E-state index contributed by atoms with van der Waals surface area (Å²) in [6.45, 7) is 0.498. The van der Waals surface area contributed by atoms with Gasteiger partial charge in [-0.05, 0) is 36.6 Å². The molecule has 0 aliphatic carbocycles. The van der Waals surface area contributed by atoms with Crippen molar-refractivity contribution < 1.29 is 9.53 Å². The van der Waals surface area contributed by atoms with Crippen LogP contribution >= 0.6 is 15.9 Å². The van der Waals surface area contributed by atoms with Crippen LogP contribution in [0.4, 0.5) is 5.69 Å². The van der Waals surface area contributed by atoms with Crippen LogP contribution in [0, 0.1) is 0 Å². The zero-order chi connectivity index (χ0) is 16.2. The number of halogens is 1. The molecule has 2 unspecified atom stereocenters. The molecule has 1 saturated heterocycles. The van der Waals surface area contributed by atoms with E-state index in [4.69, 9.17) is 10.5 Å². The number of carbonyl (C=O) groups is 1.